The molecule has 3 N–H and O–H groups in total. The molecule has 1 fully saturated rings. The molecule has 1 atom stereocenters. The van der Waals surface area contributed by atoms with E-state index in [1.807, 2.05) is 0 Å². The number of carbonyl (C=O) groups is 1. The first-order chi connectivity index (χ1) is 8.63. The quantitative estimate of drug-likeness (QED) is 0.365. The van der Waals surface area contributed by atoms with Crippen molar-refractivity contribution < 1.29 is 9.72 Å². The molecule has 18 heavy (non-hydrogen) atoms. The molecule has 6 nitrogen and oxygen atoms in total. The van der Waals surface area contributed by atoms with Crippen LogP contribution in [0.3, 0.4) is 0 Å². The van der Waals surface area contributed by atoms with Crippen molar-refractivity contribution in [2.24, 2.45) is 11.8 Å². The van der Waals surface area contributed by atoms with E-state index in [1.54, 1.807) is 12.1 Å². The smallest absolute Gasteiger partial charge is 0.269 e. The van der Waals surface area contributed by atoms with Gasteiger partial charge >= 0.3 is 0 Å². The van der Waals surface area contributed by atoms with Gasteiger partial charge in [-0.05, 0) is 24.3 Å². The molecule has 0 aromatic heterocycles. The third kappa shape index (κ3) is 2.33. The van der Waals surface area contributed by atoms with E-state index in [9.17, 15) is 14.9 Å². The third-order valence-electron chi connectivity index (χ3n) is 3.49. The van der Waals surface area contributed by atoms with Crippen LogP contribution in [0.5, 0.6) is 0 Å². The molecule has 1 amide bonds. The van der Waals surface area contributed by atoms with E-state index in [0.717, 1.165) is 19.3 Å². The molecule has 0 aliphatic heterocycles. The van der Waals surface area contributed by atoms with Crippen LogP contribution in [0.4, 0.5) is 5.69 Å². The Balaban J connectivity index is 2.32. The van der Waals surface area contributed by atoms with Crippen LogP contribution in [0.25, 0.3) is 0 Å². The Labute approximate surface area is 104 Å². The van der Waals surface area contributed by atoms with Gasteiger partial charge in [0.25, 0.3) is 5.69 Å². The Morgan fingerprint density at radius 2 is 2.22 bits per heavy atom. The minimum absolute atomic E-state index is 0.00152. The monoisotopic (exact) mass is 249 g/mol. The highest BCUT2D eigenvalue weighted by molar-refractivity contribution is 5.83. The summed E-state index contributed by atoms with van der Waals surface area (Å²) in [7, 11) is 0. The molecule has 2 rings (SSSR count). The molecule has 0 heterocycles. The summed E-state index contributed by atoms with van der Waals surface area (Å²) in [5.74, 6) is 4.76. The van der Waals surface area contributed by atoms with E-state index < -0.39 is 4.92 Å². The standard InChI is InChI=1S/C12H15N3O3/c13-14-12(16)11(8-3-1-4-8)9-5-2-6-10(7-9)15(17)18/h2,5-8,11H,1,3-4,13H2,(H,14,16). The summed E-state index contributed by atoms with van der Waals surface area (Å²) in [6.07, 6.45) is 3.01. The van der Waals surface area contributed by atoms with Crippen LogP contribution >= 0.6 is 0 Å². The number of hydrogen-bond acceptors (Lipinski definition) is 4. The number of hydrazine groups is 1. The second kappa shape index (κ2) is 5.14. The van der Waals surface area contributed by atoms with Crippen molar-refractivity contribution in [3.63, 3.8) is 0 Å². The van der Waals surface area contributed by atoms with E-state index in [0.29, 0.717) is 5.56 Å². The van der Waals surface area contributed by atoms with Crippen molar-refractivity contribution in [1.82, 2.24) is 5.43 Å². The van der Waals surface area contributed by atoms with Crippen LogP contribution in [0, 0.1) is 16.0 Å². The van der Waals surface area contributed by atoms with Gasteiger partial charge in [-0.25, -0.2) is 5.84 Å². The maximum Gasteiger partial charge on any atom is 0.269 e. The van der Waals surface area contributed by atoms with Crippen molar-refractivity contribution in [3.05, 3.63) is 39.9 Å². The topological polar surface area (TPSA) is 98.3 Å². The summed E-state index contributed by atoms with van der Waals surface area (Å²) in [5.41, 5.74) is 2.82. The third-order valence-corrected chi connectivity index (χ3v) is 3.49. The molecule has 1 aromatic rings. The summed E-state index contributed by atoms with van der Waals surface area (Å²) < 4.78 is 0. The van der Waals surface area contributed by atoms with Gasteiger partial charge in [-0.3, -0.25) is 20.3 Å². The van der Waals surface area contributed by atoms with Gasteiger partial charge in [0.2, 0.25) is 5.91 Å². The lowest BCUT2D eigenvalue weighted by Gasteiger charge is -2.32. The number of hydrogen-bond donors (Lipinski definition) is 2. The van der Waals surface area contributed by atoms with Crippen LogP contribution in [0.2, 0.25) is 0 Å². The normalized spacial score (nSPS) is 16.7. The maximum absolute atomic E-state index is 11.8. The van der Waals surface area contributed by atoms with Gasteiger partial charge in [-0.15, -0.1) is 0 Å². The number of non-ortho nitro benzene ring substituents is 1. The molecular formula is C12H15N3O3. The van der Waals surface area contributed by atoms with Crippen molar-refractivity contribution in [2.45, 2.75) is 25.2 Å². The number of nitro benzene ring substituents is 1. The van der Waals surface area contributed by atoms with E-state index in [2.05, 4.69) is 5.43 Å². The van der Waals surface area contributed by atoms with Crippen LogP contribution in [0.15, 0.2) is 24.3 Å². The van der Waals surface area contributed by atoms with Crippen molar-refractivity contribution in [1.29, 1.82) is 0 Å². The largest absolute Gasteiger partial charge is 0.294 e. The minimum Gasteiger partial charge on any atom is -0.294 e. The summed E-state index contributed by atoms with van der Waals surface area (Å²) in [5, 5.41) is 10.7. The van der Waals surface area contributed by atoms with E-state index >= 15 is 0 Å². The van der Waals surface area contributed by atoms with Gasteiger partial charge in [0.15, 0.2) is 0 Å². The lowest BCUT2D eigenvalue weighted by Crippen LogP contribution is -2.39. The number of rotatable bonds is 4. The number of carbonyl (C=O) groups excluding carboxylic acids is 1. The zero-order valence-electron chi connectivity index (χ0n) is 9.83. The lowest BCUT2D eigenvalue weighted by molar-refractivity contribution is -0.384. The molecule has 0 bridgehead atoms. The predicted octanol–water partition coefficient (Wildman–Crippen LogP) is 1.47. The predicted molar refractivity (Wildman–Crippen MR) is 65.5 cm³/mol. The average Bonchev–Trinajstić information content (AvgIpc) is 2.32. The maximum atomic E-state index is 11.8. The summed E-state index contributed by atoms with van der Waals surface area (Å²) in [4.78, 5) is 22.1. The van der Waals surface area contributed by atoms with E-state index in [-0.39, 0.29) is 23.4 Å². The van der Waals surface area contributed by atoms with Gasteiger partial charge in [-0.1, -0.05) is 18.6 Å². The number of nitro groups is 1. The van der Waals surface area contributed by atoms with Crippen LogP contribution < -0.4 is 11.3 Å². The summed E-state index contributed by atoms with van der Waals surface area (Å²) >= 11 is 0. The molecule has 1 saturated carbocycles. The van der Waals surface area contributed by atoms with Crippen LogP contribution in [-0.2, 0) is 4.79 Å². The van der Waals surface area contributed by atoms with Gasteiger partial charge < -0.3 is 0 Å². The lowest BCUT2D eigenvalue weighted by atomic mass is 9.72. The van der Waals surface area contributed by atoms with Crippen molar-refractivity contribution in [2.75, 3.05) is 0 Å². The zero-order valence-corrected chi connectivity index (χ0v) is 9.83. The van der Waals surface area contributed by atoms with Crippen molar-refractivity contribution in [3.8, 4) is 0 Å². The summed E-state index contributed by atoms with van der Waals surface area (Å²) in [6.45, 7) is 0. The molecule has 1 aliphatic carbocycles. The van der Waals surface area contributed by atoms with E-state index in [1.165, 1.54) is 12.1 Å². The Bertz CT molecular complexity index is 471. The number of nitrogens with zero attached hydrogens (tertiary/aromatic N) is 1. The van der Waals surface area contributed by atoms with Gasteiger partial charge in [0, 0.05) is 12.1 Å². The molecule has 96 valence electrons. The highest BCUT2D eigenvalue weighted by Crippen LogP contribution is 2.40. The molecule has 1 aliphatic rings. The second-order valence-electron chi connectivity index (χ2n) is 4.53. The molecule has 6 heteroatoms. The molecule has 1 aromatic carbocycles. The van der Waals surface area contributed by atoms with Gasteiger partial charge in [0.1, 0.15) is 0 Å². The first-order valence-corrected chi connectivity index (χ1v) is 5.88. The SMILES string of the molecule is NNC(=O)C(c1cccc([N+](=O)[O-])c1)C1CCC1. The Morgan fingerprint density at radius 1 is 1.50 bits per heavy atom. The van der Waals surface area contributed by atoms with Crippen LogP contribution in [-0.4, -0.2) is 10.8 Å². The highest BCUT2D eigenvalue weighted by atomic mass is 16.6. The van der Waals surface area contributed by atoms with E-state index in [4.69, 9.17) is 5.84 Å². The Hall–Kier alpha value is -1.95. The minimum atomic E-state index is -0.457. The highest BCUT2D eigenvalue weighted by Gasteiger charge is 2.34. The van der Waals surface area contributed by atoms with Gasteiger partial charge in [-0.2, -0.15) is 0 Å². The molecule has 0 spiro atoms. The van der Waals surface area contributed by atoms with Gasteiger partial charge in [0.05, 0.1) is 10.8 Å². The number of benzene rings is 1. The second-order valence-corrected chi connectivity index (χ2v) is 4.53. The number of amides is 1. The fraction of sp³-hybridized carbons (Fsp3) is 0.417. The molecular weight excluding hydrogens is 234 g/mol. The Kier molecular flexibility index (Phi) is 3.57. The zero-order chi connectivity index (χ0) is 13.1. The molecule has 0 radical (unpaired) electrons. The number of nitrogens with two attached hydrogens (primary N) is 1. The van der Waals surface area contributed by atoms with Crippen molar-refractivity contribution >= 4 is 11.6 Å². The first-order valence-electron chi connectivity index (χ1n) is 5.88. The number of nitrogens with one attached hydrogen (secondary N) is 1. The average molecular weight is 249 g/mol. The molecule has 0 saturated heterocycles. The molecule has 1 unspecified atom stereocenters. The summed E-state index contributed by atoms with van der Waals surface area (Å²) in [6, 6.07) is 6.22. The fourth-order valence-electron chi connectivity index (χ4n) is 2.33. The Morgan fingerprint density at radius 3 is 2.72 bits per heavy atom. The first kappa shape index (κ1) is 12.5. The fourth-order valence-corrected chi connectivity index (χ4v) is 2.33. The van der Waals surface area contributed by atoms with Crippen LogP contribution in [0.1, 0.15) is 30.7 Å².